The van der Waals surface area contributed by atoms with Gasteiger partial charge in [0.2, 0.25) is 0 Å². The summed E-state index contributed by atoms with van der Waals surface area (Å²) in [4.78, 5) is 23.5. The molecule has 4 rings (SSSR count). The number of carbonyl (C=O) groups is 1. The molecule has 0 spiro atoms. The third-order valence-electron chi connectivity index (χ3n) is 4.43. The van der Waals surface area contributed by atoms with Crippen LogP contribution in [0, 0.1) is 12.8 Å². The fourth-order valence-corrected chi connectivity index (χ4v) is 3.74. The topological polar surface area (TPSA) is 75.9 Å². The zero-order chi connectivity index (χ0) is 17.9. The first kappa shape index (κ1) is 16.7. The van der Waals surface area contributed by atoms with Crippen LogP contribution in [0.4, 0.5) is 5.82 Å². The van der Waals surface area contributed by atoms with E-state index in [1.807, 2.05) is 46.2 Å². The van der Waals surface area contributed by atoms with E-state index >= 15 is 0 Å². The number of rotatable bonds is 4. The van der Waals surface area contributed by atoms with Gasteiger partial charge >= 0.3 is 0 Å². The Kier molecular flexibility index (Phi) is 4.66. The van der Waals surface area contributed by atoms with Gasteiger partial charge in [0.05, 0.1) is 17.2 Å². The van der Waals surface area contributed by atoms with E-state index in [4.69, 9.17) is 0 Å². The second kappa shape index (κ2) is 7.25. The maximum absolute atomic E-state index is 12.9. The second-order valence-corrected chi connectivity index (χ2v) is 7.47. The van der Waals surface area contributed by atoms with Crippen molar-refractivity contribution in [2.75, 3.05) is 18.4 Å². The molecule has 4 heterocycles. The fourth-order valence-electron chi connectivity index (χ4n) is 3.16. The predicted molar refractivity (Wildman–Crippen MR) is 100 cm³/mol. The summed E-state index contributed by atoms with van der Waals surface area (Å²) in [5, 5.41) is 10.5. The molecule has 0 saturated carbocycles. The number of pyridine rings is 1. The van der Waals surface area contributed by atoms with E-state index in [1.165, 1.54) is 11.3 Å². The quantitative estimate of drug-likeness (QED) is 0.765. The van der Waals surface area contributed by atoms with Crippen LogP contribution < -0.4 is 5.32 Å². The van der Waals surface area contributed by atoms with Gasteiger partial charge in [0, 0.05) is 43.3 Å². The van der Waals surface area contributed by atoms with E-state index in [1.54, 1.807) is 12.4 Å². The summed E-state index contributed by atoms with van der Waals surface area (Å²) in [6.07, 6.45) is 3.56. The summed E-state index contributed by atoms with van der Waals surface area (Å²) in [5.41, 5.74) is 1.57. The molecule has 0 fully saturated rings. The molecular formula is C18H20N6OS. The first-order chi connectivity index (χ1) is 12.7. The Bertz CT molecular complexity index is 890. The van der Waals surface area contributed by atoms with E-state index in [2.05, 4.69) is 20.4 Å². The third-order valence-corrected chi connectivity index (χ3v) is 5.20. The van der Waals surface area contributed by atoms with Gasteiger partial charge in [0.15, 0.2) is 0 Å². The molecule has 1 aliphatic rings. The zero-order valence-corrected chi connectivity index (χ0v) is 15.3. The van der Waals surface area contributed by atoms with Crippen molar-refractivity contribution in [3.63, 3.8) is 0 Å². The minimum absolute atomic E-state index is 0.0214. The Morgan fingerprint density at radius 1 is 1.31 bits per heavy atom. The summed E-state index contributed by atoms with van der Waals surface area (Å²) in [6, 6.07) is 7.76. The van der Waals surface area contributed by atoms with E-state index in [0.717, 1.165) is 29.6 Å². The highest BCUT2D eigenvalue weighted by molar-refractivity contribution is 7.09. The highest BCUT2D eigenvalue weighted by Gasteiger charge is 2.27. The van der Waals surface area contributed by atoms with Crippen LogP contribution in [0.25, 0.3) is 0 Å². The number of aromatic nitrogens is 4. The summed E-state index contributed by atoms with van der Waals surface area (Å²) < 4.78 is 1.99. The van der Waals surface area contributed by atoms with Gasteiger partial charge in [0.25, 0.3) is 5.91 Å². The van der Waals surface area contributed by atoms with E-state index < -0.39 is 0 Å². The van der Waals surface area contributed by atoms with Crippen molar-refractivity contribution in [3.05, 3.63) is 58.4 Å². The maximum atomic E-state index is 12.9. The van der Waals surface area contributed by atoms with Crippen molar-refractivity contribution in [2.24, 2.45) is 5.92 Å². The molecule has 8 heteroatoms. The second-order valence-electron chi connectivity index (χ2n) is 6.40. The third kappa shape index (κ3) is 3.60. The average Bonchev–Trinajstić information content (AvgIpc) is 3.24. The molecule has 0 aromatic carbocycles. The number of carbonyl (C=O) groups excluding carboxylic acids is 1. The molecule has 26 heavy (non-hydrogen) atoms. The highest BCUT2D eigenvalue weighted by Crippen LogP contribution is 2.19. The summed E-state index contributed by atoms with van der Waals surface area (Å²) in [6.45, 7) is 4.60. The number of anilines is 1. The van der Waals surface area contributed by atoms with E-state index in [0.29, 0.717) is 18.8 Å². The largest absolute Gasteiger partial charge is 0.370 e. The number of nitrogens with zero attached hydrogens (tertiary/aromatic N) is 5. The van der Waals surface area contributed by atoms with Crippen LogP contribution in [0.5, 0.6) is 0 Å². The van der Waals surface area contributed by atoms with Gasteiger partial charge in [0.1, 0.15) is 11.5 Å². The summed E-state index contributed by atoms with van der Waals surface area (Å²) >= 11 is 1.50. The lowest BCUT2D eigenvalue weighted by molar-refractivity contribution is 0.0719. The zero-order valence-electron chi connectivity index (χ0n) is 14.5. The predicted octanol–water partition coefficient (Wildman–Crippen LogP) is 2.43. The Labute approximate surface area is 155 Å². The smallest absolute Gasteiger partial charge is 0.273 e. The van der Waals surface area contributed by atoms with E-state index in [-0.39, 0.29) is 11.8 Å². The lowest BCUT2D eigenvalue weighted by Gasteiger charge is -2.23. The molecule has 134 valence electrons. The van der Waals surface area contributed by atoms with Gasteiger partial charge < -0.3 is 10.2 Å². The van der Waals surface area contributed by atoms with E-state index in [9.17, 15) is 4.79 Å². The van der Waals surface area contributed by atoms with Crippen LogP contribution in [-0.2, 0) is 13.1 Å². The van der Waals surface area contributed by atoms with Gasteiger partial charge in [-0.25, -0.2) is 9.97 Å². The number of hydrogen-bond acceptors (Lipinski definition) is 6. The Balaban J connectivity index is 1.52. The molecule has 0 aliphatic carbocycles. The summed E-state index contributed by atoms with van der Waals surface area (Å²) in [5.74, 6) is 1.04. The van der Waals surface area contributed by atoms with Crippen LogP contribution in [0.1, 0.15) is 21.2 Å². The maximum Gasteiger partial charge on any atom is 0.273 e. The Hall–Kier alpha value is -2.74. The first-order valence-corrected chi connectivity index (χ1v) is 9.44. The van der Waals surface area contributed by atoms with Crippen molar-refractivity contribution >= 4 is 23.1 Å². The Morgan fingerprint density at radius 3 is 3.00 bits per heavy atom. The number of thiazole rings is 1. The fraction of sp³-hybridized carbons (Fsp3) is 0.333. The molecule has 1 amide bonds. The first-order valence-electron chi connectivity index (χ1n) is 8.56. The number of hydrogen-bond donors (Lipinski definition) is 1. The van der Waals surface area contributed by atoms with Gasteiger partial charge in [-0.15, -0.1) is 11.3 Å². The molecule has 1 aliphatic heterocycles. The number of amides is 1. The number of nitrogens with one attached hydrogen (secondary N) is 1. The Morgan fingerprint density at radius 2 is 2.23 bits per heavy atom. The molecule has 1 N–H and O–H groups in total. The van der Waals surface area contributed by atoms with Crippen molar-refractivity contribution in [1.82, 2.24) is 24.6 Å². The molecule has 1 atom stereocenters. The monoisotopic (exact) mass is 368 g/mol. The van der Waals surface area contributed by atoms with Gasteiger partial charge in [-0.1, -0.05) is 6.07 Å². The molecule has 3 aromatic heterocycles. The highest BCUT2D eigenvalue weighted by atomic mass is 32.1. The molecule has 3 aromatic rings. The van der Waals surface area contributed by atoms with Crippen LogP contribution in [0.15, 0.2) is 42.0 Å². The number of aryl methyl sites for hydroxylation is 1. The summed E-state index contributed by atoms with van der Waals surface area (Å²) in [7, 11) is 0. The minimum Gasteiger partial charge on any atom is -0.370 e. The lowest BCUT2D eigenvalue weighted by Crippen LogP contribution is -2.36. The molecular weight excluding hydrogens is 348 g/mol. The van der Waals surface area contributed by atoms with Crippen molar-refractivity contribution in [3.8, 4) is 0 Å². The van der Waals surface area contributed by atoms with Crippen LogP contribution in [0.2, 0.25) is 0 Å². The van der Waals surface area contributed by atoms with Gasteiger partial charge in [-0.2, -0.15) is 5.10 Å². The van der Waals surface area contributed by atoms with Crippen molar-refractivity contribution in [1.29, 1.82) is 0 Å². The number of fused-ring (bicyclic) bond motifs is 1. The standard InChI is InChI=1S/C18H20N6OS/c1-13-22-16(12-26-13)18(25)23-9-14(8-20-17-4-2-3-6-19-17)10-24-15(11-23)5-7-21-24/h2-7,12,14H,8-11H2,1H3,(H,19,20). The van der Waals surface area contributed by atoms with Crippen LogP contribution in [-0.4, -0.2) is 43.6 Å². The molecule has 0 saturated heterocycles. The van der Waals surface area contributed by atoms with Gasteiger partial charge in [-0.3, -0.25) is 9.48 Å². The minimum atomic E-state index is -0.0214. The van der Waals surface area contributed by atoms with Crippen molar-refractivity contribution < 1.29 is 4.79 Å². The molecule has 1 unspecified atom stereocenters. The van der Waals surface area contributed by atoms with Crippen LogP contribution in [0.3, 0.4) is 0 Å². The van der Waals surface area contributed by atoms with Gasteiger partial charge in [-0.05, 0) is 25.1 Å². The molecule has 7 nitrogen and oxygen atoms in total. The van der Waals surface area contributed by atoms with Crippen molar-refractivity contribution in [2.45, 2.75) is 20.0 Å². The molecule has 0 radical (unpaired) electrons. The average molecular weight is 368 g/mol. The SMILES string of the molecule is Cc1nc(C(=O)N2Cc3ccnn3CC(CNc3ccccn3)C2)cs1. The lowest BCUT2D eigenvalue weighted by atomic mass is 10.1. The normalized spacial score (nSPS) is 16.8. The van der Waals surface area contributed by atoms with Crippen LogP contribution >= 0.6 is 11.3 Å². The molecule has 0 bridgehead atoms.